The van der Waals surface area contributed by atoms with Gasteiger partial charge in [0.1, 0.15) is 0 Å². The molecule has 0 fully saturated rings. The zero-order chi connectivity index (χ0) is 16.7. The van der Waals surface area contributed by atoms with Crippen LogP contribution in [0, 0.1) is 5.92 Å². The van der Waals surface area contributed by atoms with Gasteiger partial charge in [0.25, 0.3) is 0 Å². The van der Waals surface area contributed by atoms with Gasteiger partial charge in [0, 0.05) is 0 Å². The summed E-state index contributed by atoms with van der Waals surface area (Å²) in [7, 11) is 3.33. The van der Waals surface area contributed by atoms with Crippen LogP contribution in [-0.2, 0) is 0 Å². The number of halogens is 1. The summed E-state index contributed by atoms with van der Waals surface area (Å²) >= 11 is 0. The maximum Gasteiger partial charge on any atom is -0.0125 e. The first kappa shape index (κ1) is 26.1. The van der Waals surface area contributed by atoms with E-state index in [4.69, 9.17) is 0 Å². The van der Waals surface area contributed by atoms with E-state index in [0.717, 1.165) is 5.92 Å². The van der Waals surface area contributed by atoms with Crippen molar-refractivity contribution in [2.24, 2.45) is 5.92 Å². The molecule has 0 radical (unpaired) electrons. The van der Waals surface area contributed by atoms with Gasteiger partial charge in [-0.05, 0) is 30.3 Å². The third kappa shape index (κ3) is 13.8. The van der Waals surface area contributed by atoms with E-state index >= 15 is 0 Å². The monoisotopic (exact) mass is 408 g/mol. The zero-order valence-electron chi connectivity index (χ0n) is 16.7. The minimum absolute atomic E-state index is 0. The summed E-state index contributed by atoms with van der Waals surface area (Å²) in [5.74, 6) is 0.873. The highest BCUT2D eigenvalue weighted by molar-refractivity contribution is 8.93. The first-order valence-corrected chi connectivity index (χ1v) is 11.0. The Bertz CT molecular complexity index is 218. The minimum Gasteiger partial charge on any atom is -0.131 e. The SMILES string of the molecule is Br.CCCCCCC(C)C(P)(CCCCCC)CCCCCC. The standard InChI is InChI=1S/C21H45P.BrH/c1-5-8-11-14-17-20(4)21(22,18-15-12-9-6-2)19-16-13-10-7-3;/h20H,5-19,22H2,1-4H3;1H. The molecule has 2 heteroatoms. The van der Waals surface area contributed by atoms with E-state index in [9.17, 15) is 0 Å². The minimum atomic E-state index is 0. The van der Waals surface area contributed by atoms with Crippen molar-refractivity contribution in [2.75, 3.05) is 0 Å². The second kappa shape index (κ2) is 17.7. The maximum absolute atomic E-state index is 3.33. The van der Waals surface area contributed by atoms with Crippen molar-refractivity contribution < 1.29 is 0 Å². The Morgan fingerprint density at radius 1 is 0.652 bits per heavy atom. The van der Waals surface area contributed by atoms with E-state index in [2.05, 4.69) is 36.9 Å². The van der Waals surface area contributed by atoms with E-state index in [-0.39, 0.29) is 17.0 Å². The average molecular weight is 409 g/mol. The van der Waals surface area contributed by atoms with Crippen molar-refractivity contribution in [3.63, 3.8) is 0 Å². The van der Waals surface area contributed by atoms with Crippen LogP contribution in [-0.4, -0.2) is 5.16 Å². The van der Waals surface area contributed by atoms with Crippen LogP contribution in [0.5, 0.6) is 0 Å². The lowest BCUT2D eigenvalue weighted by molar-refractivity contribution is 0.312. The number of unbranched alkanes of at least 4 members (excludes halogenated alkanes) is 9. The summed E-state index contributed by atoms with van der Waals surface area (Å²) in [6.45, 7) is 9.47. The molecule has 0 heterocycles. The fourth-order valence-corrected chi connectivity index (χ4v) is 4.12. The summed E-state index contributed by atoms with van der Waals surface area (Å²) in [5, 5.41) is 0.522. The predicted molar refractivity (Wildman–Crippen MR) is 118 cm³/mol. The molecule has 0 bridgehead atoms. The second-order valence-electron chi connectivity index (χ2n) is 7.60. The van der Waals surface area contributed by atoms with Gasteiger partial charge >= 0.3 is 0 Å². The third-order valence-corrected chi connectivity index (χ3v) is 6.61. The molecule has 23 heavy (non-hydrogen) atoms. The lowest BCUT2D eigenvalue weighted by Gasteiger charge is -2.36. The van der Waals surface area contributed by atoms with Crippen LogP contribution in [0.1, 0.15) is 124 Å². The molecule has 0 saturated carbocycles. The highest BCUT2D eigenvalue weighted by Crippen LogP contribution is 2.41. The molecule has 2 unspecified atom stereocenters. The van der Waals surface area contributed by atoms with Gasteiger partial charge in [0.15, 0.2) is 0 Å². The number of hydrogen-bond acceptors (Lipinski definition) is 0. The highest BCUT2D eigenvalue weighted by atomic mass is 79.9. The van der Waals surface area contributed by atoms with Gasteiger partial charge in [-0.3, -0.25) is 0 Å². The Balaban J connectivity index is 0. The van der Waals surface area contributed by atoms with Gasteiger partial charge in [-0.25, -0.2) is 0 Å². The van der Waals surface area contributed by atoms with Crippen molar-refractivity contribution in [3.05, 3.63) is 0 Å². The van der Waals surface area contributed by atoms with Crippen LogP contribution in [0.25, 0.3) is 0 Å². The fourth-order valence-electron chi connectivity index (χ4n) is 3.54. The Morgan fingerprint density at radius 3 is 1.43 bits per heavy atom. The van der Waals surface area contributed by atoms with Gasteiger partial charge < -0.3 is 0 Å². The molecule has 0 N–H and O–H groups in total. The normalized spacial score (nSPS) is 12.9. The summed E-state index contributed by atoms with van der Waals surface area (Å²) < 4.78 is 0. The van der Waals surface area contributed by atoms with Crippen molar-refractivity contribution in [3.8, 4) is 0 Å². The van der Waals surface area contributed by atoms with Crippen LogP contribution < -0.4 is 0 Å². The first-order valence-electron chi connectivity index (χ1n) is 10.4. The summed E-state index contributed by atoms with van der Waals surface area (Å²) in [6.07, 6.45) is 21.2. The van der Waals surface area contributed by atoms with Crippen LogP contribution in [0.2, 0.25) is 0 Å². The second-order valence-corrected chi connectivity index (χ2v) is 8.75. The van der Waals surface area contributed by atoms with E-state index in [1.165, 1.54) is 96.3 Å². The Morgan fingerprint density at radius 2 is 1.04 bits per heavy atom. The molecule has 0 aromatic rings. The quantitative estimate of drug-likeness (QED) is 0.177. The van der Waals surface area contributed by atoms with Gasteiger partial charge in [0.05, 0.1) is 0 Å². The van der Waals surface area contributed by atoms with Crippen LogP contribution >= 0.6 is 26.2 Å². The van der Waals surface area contributed by atoms with Crippen LogP contribution in [0.4, 0.5) is 0 Å². The van der Waals surface area contributed by atoms with Crippen LogP contribution in [0.15, 0.2) is 0 Å². The Kier molecular flexibility index (Phi) is 20.1. The zero-order valence-corrected chi connectivity index (χ0v) is 19.5. The summed E-state index contributed by atoms with van der Waals surface area (Å²) in [4.78, 5) is 0. The smallest absolute Gasteiger partial charge is 0.0125 e. The lowest BCUT2D eigenvalue weighted by Crippen LogP contribution is -2.29. The van der Waals surface area contributed by atoms with Gasteiger partial charge in [-0.2, -0.15) is 0 Å². The molecule has 0 saturated heterocycles. The molecule has 0 aromatic carbocycles. The van der Waals surface area contributed by atoms with E-state index < -0.39 is 0 Å². The fraction of sp³-hybridized carbons (Fsp3) is 1.00. The third-order valence-electron chi connectivity index (χ3n) is 5.46. The van der Waals surface area contributed by atoms with Gasteiger partial charge in [0.2, 0.25) is 0 Å². The van der Waals surface area contributed by atoms with E-state index in [1.54, 1.807) is 0 Å². The van der Waals surface area contributed by atoms with Crippen molar-refractivity contribution in [1.82, 2.24) is 0 Å². The highest BCUT2D eigenvalue weighted by Gasteiger charge is 2.29. The molecule has 0 aliphatic rings. The first-order chi connectivity index (χ1) is 10.6. The molecule has 0 aliphatic heterocycles. The Hall–Kier alpha value is 0.910. The maximum atomic E-state index is 3.33. The van der Waals surface area contributed by atoms with Gasteiger partial charge in [-0.15, -0.1) is 26.2 Å². The largest absolute Gasteiger partial charge is 0.131 e. The summed E-state index contributed by atoms with van der Waals surface area (Å²) in [5.41, 5.74) is 0. The Labute approximate surface area is 161 Å². The van der Waals surface area contributed by atoms with Crippen molar-refractivity contribution in [1.29, 1.82) is 0 Å². The molecule has 0 spiro atoms. The molecular formula is C21H46BrP. The molecule has 0 nitrogen and oxygen atoms in total. The van der Waals surface area contributed by atoms with E-state index in [1.807, 2.05) is 0 Å². The van der Waals surface area contributed by atoms with Gasteiger partial charge in [-0.1, -0.05) is 105 Å². The molecule has 0 amide bonds. The topological polar surface area (TPSA) is 0 Å². The van der Waals surface area contributed by atoms with Crippen molar-refractivity contribution in [2.45, 2.75) is 129 Å². The average Bonchev–Trinajstić information content (AvgIpc) is 2.52. The van der Waals surface area contributed by atoms with Crippen LogP contribution in [0.3, 0.4) is 0 Å². The van der Waals surface area contributed by atoms with E-state index in [0.29, 0.717) is 5.16 Å². The molecule has 0 aromatic heterocycles. The summed E-state index contributed by atoms with van der Waals surface area (Å²) in [6, 6.07) is 0. The molecule has 0 rings (SSSR count). The molecular weight excluding hydrogens is 363 g/mol. The molecule has 142 valence electrons. The molecule has 0 aliphatic carbocycles. The lowest BCUT2D eigenvalue weighted by atomic mass is 9.80. The number of hydrogen-bond donors (Lipinski definition) is 0. The molecule has 2 atom stereocenters. The number of rotatable bonds is 16. The van der Waals surface area contributed by atoms with Crippen molar-refractivity contribution >= 4 is 26.2 Å². The predicted octanol–water partition coefficient (Wildman–Crippen LogP) is 8.73.